The summed E-state index contributed by atoms with van der Waals surface area (Å²) in [5.74, 6) is 0.713. The van der Waals surface area contributed by atoms with E-state index in [9.17, 15) is 0 Å². The molecule has 0 unspecified atom stereocenters. The second kappa shape index (κ2) is 4.74. The monoisotopic (exact) mass is 194 g/mol. The molecular formula is C11H18N2O. The van der Waals surface area contributed by atoms with Crippen LogP contribution in [-0.4, -0.2) is 7.11 Å². The summed E-state index contributed by atoms with van der Waals surface area (Å²) in [5.41, 5.74) is 14.1. The lowest BCUT2D eigenvalue weighted by Gasteiger charge is -2.10. The van der Waals surface area contributed by atoms with Gasteiger partial charge < -0.3 is 16.2 Å². The maximum Gasteiger partial charge on any atom is 0.142 e. The Morgan fingerprint density at radius 3 is 2.50 bits per heavy atom. The molecule has 0 aliphatic rings. The van der Waals surface area contributed by atoms with Gasteiger partial charge in [0.05, 0.1) is 12.8 Å². The van der Waals surface area contributed by atoms with E-state index in [0.717, 1.165) is 30.5 Å². The van der Waals surface area contributed by atoms with E-state index in [1.54, 1.807) is 13.2 Å². The Labute approximate surface area is 85.0 Å². The molecule has 1 aromatic carbocycles. The third kappa shape index (κ3) is 2.31. The van der Waals surface area contributed by atoms with Gasteiger partial charge in [-0.15, -0.1) is 0 Å². The SMILES string of the molecule is CCCCc1cc(OC)c(N)cc1N. The number of rotatable bonds is 4. The zero-order valence-electron chi connectivity index (χ0n) is 8.84. The highest BCUT2D eigenvalue weighted by Crippen LogP contribution is 2.28. The first-order valence-electron chi connectivity index (χ1n) is 4.91. The van der Waals surface area contributed by atoms with Gasteiger partial charge in [0.25, 0.3) is 0 Å². The zero-order valence-corrected chi connectivity index (χ0v) is 8.84. The van der Waals surface area contributed by atoms with E-state index < -0.39 is 0 Å². The number of methoxy groups -OCH3 is 1. The van der Waals surface area contributed by atoms with Crippen LogP contribution >= 0.6 is 0 Å². The molecule has 0 saturated heterocycles. The number of benzene rings is 1. The number of hydrogen-bond acceptors (Lipinski definition) is 3. The summed E-state index contributed by atoms with van der Waals surface area (Å²) in [6.07, 6.45) is 3.28. The van der Waals surface area contributed by atoms with Crippen molar-refractivity contribution in [3.8, 4) is 5.75 Å². The molecule has 0 radical (unpaired) electrons. The van der Waals surface area contributed by atoms with E-state index in [2.05, 4.69) is 6.92 Å². The lowest BCUT2D eigenvalue weighted by Crippen LogP contribution is -1.99. The number of hydrogen-bond donors (Lipinski definition) is 2. The van der Waals surface area contributed by atoms with E-state index in [0.29, 0.717) is 11.4 Å². The summed E-state index contributed by atoms with van der Waals surface area (Å²) < 4.78 is 5.14. The standard InChI is InChI=1S/C11H18N2O/c1-3-4-5-8-6-11(14-2)10(13)7-9(8)12/h6-7H,3-5,12-13H2,1-2H3. The highest BCUT2D eigenvalue weighted by molar-refractivity contribution is 5.64. The minimum atomic E-state index is 0.602. The smallest absolute Gasteiger partial charge is 0.142 e. The van der Waals surface area contributed by atoms with Crippen LogP contribution < -0.4 is 16.2 Å². The van der Waals surface area contributed by atoms with E-state index in [-0.39, 0.29) is 0 Å². The lowest BCUT2D eigenvalue weighted by atomic mass is 10.1. The fourth-order valence-electron chi connectivity index (χ4n) is 1.42. The molecule has 0 aromatic heterocycles. The number of ether oxygens (including phenoxy) is 1. The molecule has 0 bridgehead atoms. The largest absolute Gasteiger partial charge is 0.495 e. The van der Waals surface area contributed by atoms with Gasteiger partial charge in [-0.1, -0.05) is 13.3 Å². The van der Waals surface area contributed by atoms with Gasteiger partial charge >= 0.3 is 0 Å². The highest BCUT2D eigenvalue weighted by atomic mass is 16.5. The predicted molar refractivity (Wildman–Crippen MR) is 60.4 cm³/mol. The minimum Gasteiger partial charge on any atom is -0.495 e. The first-order chi connectivity index (χ1) is 6.69. The Morgan fingerprint density at radius 1 is 1.21 bits per heavy atom. The van der Waals surface area contributed by atoms with Crippen LogP contribution in [0.15, 0.2) is 12.1 Å². The molecule has 3 nitrogen and oxygen atoms in total. The summed E-state index contributed by atoms with van der Waals surface area (Å²) in [6.45, 7) is 2.16. The molecule has 1 rings (SSSR count). The van der Waals surface area contributed by atoms with Crippen molar-refractivity contribution in [1.82, 2.24) is 0 Å². The first-order valence-corrected chi connectivity index (χ1v) is 4.91. The van der Waals surface area contributed by atoms with Gasteiger partial charge in [0.15, 0.2) is 0 Å². The van der Waals surface area contributed by atoms with Crippen molar-refractivity contribution in [2.45, 2.75) is 26.2 Å². The van der Waals surface area contributed by atoms with Gasteiger partial charge in [-0.25, -0.2) is 0 Å². The van der Waals surface area contributed by atoms with Crippen LogP contribution in [-0.2, 0) is 6.42 Å². The van der Waals surface area contributed by atoms with Crippen LogP contribution in [0, 0.1) is 0 Å². The normalized spacial score (nSPS) is 10.1. The van der Waals surface area contributed by atoms with Crippen LogP contribution in [0.2, 0.25) is 0 Å². The maximum atomic E-state index is 5.85. The topological polar surface area (TPSA) is 61.3 Å². The minimum absolute atomic E-state index is 0.602. The van der Waals surface area contributed by atoms with Crippen molar-refractivity contribution in [2.24, 2.45) is 0 Å². The van der Waals surface area contributed by atoms with Crippen LogP contribution in [0.1, 0.15) is 25.3 Å². The van der Waals surface area contributed by atoms with Crippen LogP contribution in [0.5, 0.6) is 5.75 Å². The molecule has 1 aromatic rings. The summed E-state index contributed by atoms with van der Waals surface area (Å²) >= 11 is 0. The molecule has 0 saturated carbocycles. The zero-order chi connectivity index (χ0) is 10.6. The quantitative estimate of drug-likeness (QED) is 0.722. The van der Waals surface area contributed by atoms with Gasteiger partial charge in [0, 0.05) is 5.69 Å². The predicted octanol–water partition coefficient (Wildman–Crippen LogP) is 2.20. The van der Waals surface area contributed by atoms with Gasteiger partial charge in [-0.2, -0.15) is 0 Å². The third-order valence-electron chi connectivity index (χ3n) is 2.29. The van der Waals surface area contributed by atoms with Gasteiger partial charge in [0.1, 0.15) is 5.75 Å². The van der Waals surface area contributed by atoms with Gasteiger partial charge in [-0.3, -0.25) is 0 Å². The molecule has 4 N–H and O–H groups in total. The Morgan fingerprint density at radius 2 is 1.93 bits per heavy atom. The van der Waals surface area contributed by atoms with Crippen molar-refractivity contribution in [2.75, 3.05) is 18.6 Å². The van der Waals surface area contributed by atoms with Gasteiger partial charge in [0.2, 0.25) is 0 Å². The molecule has 0 fully saturated rings. The second-order valence-electron chi connectivity index (χ2n) is 3.40. The molecule has 14 heavy (non-hydrogen) atoms. The Hall–Kier alpha value is -1.38. The van der Waals surface area contributed by atoms with Crippen molar-refractivity contribution in [1.29, 1.82) is 0 Å². The van der Waals surface area contributed by atoms with Gasteiger partial charge in [-0.05, 0) is 30.5 Å². The number of unbranched alkanes of at least 4 members (excludes halogenated alkanes) is 1. The van der Waals surface area contributed by atoms with Crippen molar-refractivity contribution in [3.63, 3.8) is 0 Å². The molecule has 0 aliphatic carbocycles. The highest BCUT2D eigenvalue weighted by Gasteiger charge is 2.05. The Balaban J connectivity index is 2.92. The summed E-state index contributed by atoms with van der Waals surface area (Å²) in [7, 11) is 1.62. The number of nitrogen functional groups attached to an aromatic ring is 2. The molecule has 0 heterocycles. The van der Waals surface area contributed by atoms with Crippen molar-refractivity contribution in [3.05, 3.63) is 17.7 Å². The average molecular weight is 194 g/mol. The third-order valence-corrected chi connectivity index (χ3v) is 2.29. The molecule has 0 amide bonds. The fraction of sp³-hybridized carbons (Fsp3) is 0.455. The number of nitrogens with two attached hydrogens (primary N) is 2. The molecule has 0 atom stereocenters. The average Bonchev–Trinajstić information content (AvgIpc) is 2.17. The molecule has 0 spiro atoms. The van der Waals surface area contributed by atoms with Crippen molar-refractivity contribution >= 4 is 11.4 Å². The van der Waals surface area contributed by atoms with E-state index in [1.165, 1.54) is 0 Å². The fourth-order valence-corrected chi connectivity index (χ4v) is 1.42. The van der Waals surface area contributed by atoms with E-state index in [4.69, 9.17) is 16.2 Å². The second-order valence-corrected chi connectivity index (χ2v) is 3.40. The molecule has 3 heteroatoms. The number of anilines is 2. The van der Waals surface area contributed by atoms with Crippen LogP contribution in [0.3, 0.4) is 0 Å². The lowest BCUT2D eigenvalue weighted by molar-refractivity contribution is 0.416. The Bertz CT molecular complexity index is 310. The summed E-state index contributed by atoms with van der Waals surface area (Å²) in [6, 6.07) is 3.70. The molecule has 78 valence electrons. The van der Waals surface area contributed by atoms with Crippen molar-refractivity contribution < 1.29 is 4.74 Å². The summed E-state index contributed by atoms with van der Waals surface area (Å²) in [5, 5.41) is 0. The van der Waals surface area contributed by atoms with Crippen LogP contribution in [0.25, 0.3) is 0 Å². The summed E-state index contributed by atoms with van der Waals surface area (Å²) in [4.78, 5) is 0. The molecule has 0 aliphatic heterocycles. The number of aryl methyl sites for hydroxylation is 1. The maximum absolute atomic E-state index is 5.85. The first kappa shape index (κ1) is 10.7. The Kier molecular flexibility index (Phi) is 3.63. The van der Waals surface area contributed by atoms with E-state index >= 15 is 0 Å². The van der Waals surface area contributed by atoms with E-state index in [1.807, 2.05) is 6.07 Å². The molecular weight excluding hydrogens is 176 g/mol. The van der Waals surface area contributed by atoms with Crippen LogP contribution in [0.4, 0.5) is 11.4 Å².